The molecule has 1 amide bonds. The largest absolute Gasteiger partial charge is 0.486 e. The average Bonchev–Trinajstić information content (AvgIpc) is 2.44. The Bertz CT molecular complexity index is 655. The van der Waals surface area contributed by atoms with Gasteiger partial charge in [0.15, 0.2) is 0 Å². The zero-order valence-corrected chi connectivity index (χ0v) is 11.6. The molecule has 0 atom stereocenters. The fourth-order valence-corrected chi connectivity index (χ4v) is 2.25. The van der Waals surface area contributed by atoms with E-state index in [-0.39, 0.29) is 17.8 Å². The molecule has 108 valence electrons. The molecule has 0 spiro atoms. The maximum atomic E-state index is 13.0. The summed E-state index contributed by atoms with van der Waals surface area (Å²) in [5, 5.41) is 0. The molecule has 1 fully saturated rings. The molecule has 0 saturated carbocycles. The van der Waals surface area contributed by atoms with Crippen molar-refractivity contribution < 1.29 is 13.9 Å². The Labute approximate surface area is 122 Å². The van der Waals surface area contributed by atoms with Crippen molar-refractivity contribution in [3.8, 4) is 5.75 Å². The molecular formula is C16H15FN2O2. The van der Waals surface area contributed by atoms with Crippen molar-refractivity contribution in [3.05, 3.63) is 59.7 Å². The van der Waals surface area contributed by atoms with Gasteiger partial charge in [0.25, 0.3) is 5.91 Å². The molecule has 4 nitrogen and oxygen atoms in total. The lowest BCUT2D eigenvalue weighted by Gasteiger charge is -2.39. The van der Waals surface area contributed by atoms with E-state index >= 15 is 0 Å². The first kappa shape index (κ1) is 13.5. The van der Waals surface area contributed by atoms with Crippen molar-refractivity contribution >= 4 is 5.91 Å². The van der Waals surface area contributed by atoms with Crippen molar-refractivity contribution in [1.82, 2.24) is 9.88 Å². The number of carbonyl (C=O) groups excluding carboxylic acids is 1. The molecule has 1 saturated heterocycles. The normalized spacial score (nSPS) is 14.7. The van der Waals surface area contributed by atoms with Gasteiger partial charge in [0.05, 0.1) is 13.1 Å². The fourth-order valence-electron chi connectivity index (χ4n) is 2.25. The molecule has 0 aliphatic carbocycles. The number of pyridine rings is 1. The van der Waals surface area contributed by atoms with Crippen LogP contribution in [0.4, 0.5) is 4.39 Å². The number of halogens is 1. The van der Waals surface area contributed by atoms with Gasteiger partial charge in [-0.05, 0) is 42.8 Å². The van der Waals surface area contributed by atoms with Crippen LogP contribution >= 0.6 is 0 Å². The fraction of sp³-hybridized carbons (Fsp3) is 0.250. The summed E-state index contributed by atoms with van der Waals surface area (Å²) in [6.45, 7) is 2.84. The van der Waals surface area contributed by atoms with E-state index < -0.39 is 0 Å². The van der Waals surface area contributed by atoms with Gasteiger partial charge in [0.2, 0.25) is 0 Å². The van der Waals surface area contributed by atoms with Gasteiger partial charge in [-0.15, -0.1) is 0 Å². The maximum Gasteiger partial charge on any atom is 0.272 e. The predicted octanol–water partition coefficient (Wildman–Crippen LogP) is 2.43. The zero-order valence-electron chi connectivity index (χ0n) is 11.6. The number of ether oxygens (including phenoxy) is 1. The lowest BCUT2D eigenvalue weighted by Crippen LogP contribution is -2.56. The van der Waals surface area contributed by atoms with Crippen LogP contribution in [0.15, 0.2) is 42.6 Å². The smallest absolute Gasteiger partial charge is 0.272 e. The second kappa shape index (κ2) is 5.52. The van der Waals surface area contributed by atoms with Crippen LogP contribution in [-0.4, -0.2) is 35.0 Å². The predicted molar refractivity (Wildman–Crippen MR) is 75.7 cm³/mol. The van der Waals surface area contributed by atoms with E-state index in [0.717, 1.165) is 5.56 Å². The second-order valence-corrected chi connectivity index (χ2v) is 5.07. The van der Waals surface area contributed by atoms with E-state index in [2.05, 4.69) is 4.98 Å². The third-order valence-electron chi connectivity index (χ3n) is 3.45. The highest BCUT2D eigenvalue weighted by molar-refractivity contribution is 5.92. The van der Waals surface area contributed by atoms with Crippen molar-refractivity contribution in [2.45, 2.75) is 13.0 Å². The quantitative estimate of drug-likeness (QED) is 0.870. The molecule has 21 heavy (non-hydrogen) atoms. The summed E-state index contributed by atoms with van der Waals surface area (Å²) in [5.74, 6) is 0.290. The molecule has 1 aromatic carbocycles. The minimum absolute atomic E-state index is 0.0539. The molecule has 3 rings (SSSR count). The van der Waals surface area contributed by atoms with Crippen molar-refractivity contribution in [2.75, 3.05) is 13.1 Å². The van der Waals surface area contributed by atoms with Crippen LogP contribution in [-0.2, 0) is 0 Å². The van der Waals surface area contributed by atoms with Gasteiger partial charge in [0.1, 0.15) is 23.4 Å². The minimum atomic E-state index is -0.277. The van der Waals surface area contributed by atoms with Crippen LogP contribution in [0.25, 0.3) is 0 Å². The first-order valence-corrected chi connectivity index (χ1v) is 6.76. The SMILES string of the molecule is Cc1cc(F)ccc1OC1CN(C(=O)c2ccccn2)C1. The minimum Gasteiger partial charge on any atom is -0.486 e. The Balaban J connectivity index is 1.57. The number of aryl methyl sites for hydroxylation is 1. The monoisotopic (exact) mass is 286 g/mol. The van der Waals surface area contributed by atoms with E-state index in [1.807, 2.05) is 0 Å². The van der Waals surface area contributed by atoms with E-state index in [1.165, 1.54) is 12.1 Å². The molecule has 1 aromatic heterocycles. The van der Waals surface area contributed by atoms with Crippen LogP contribution in [0, 0.1) is 12.7 Å². The van der Waals surface area contributed by atoms with E-state index in [9.17, 15) is 9.18 Å². The lowest BCUT2D eigenvalue weighted by atomic mass is 10.1. The molecule has 1 aliphatic heterocycles. The number of benzene rings is 1. The van der Waals surface area contributed by atoms with Crippen LogP contribution in [0.5, 0.6) is 5.75 Å². The van der Waals surface area contributed by atoms with Gasteiger partial charge in [-0.25, -0.2) is 4.39 Å². The highest BCUT2D eigenvalue weighted by atomic mass is 19.1. The van der Waals surface area contributed by atoms with Crippen LogP contribution < -0.4 is 4.74 Å². The van der Waals surface area contributed by atoms with Gasteiger partial charge in [-0.1, -0.05) is 6.07 Å². The molecule has 0 bridgehead atoms. The van der Waals surface area contributed by atoms with E-state index in [4.69, 9.17) is 4.74 Å². The average molecular weight is 286 g/mol. The third-order valence-corrected chi connectivity index (χ3v) is 3.45. The summed E-state index contributed by atoms with van der Waals surface area (Å²) in [5.41, 5.74) is 1.19. The summed E-state index contributed by atoms with van der Waals surface area (Å²) in [6, 6.07) is 9.68. The van der Waals surface area contributed by atoms with E-state index in [0.29, 0.717) is 24.5 Å². The summed E-state index contributed by atoms with van der Waals surface area (Å²) in [4.78, 5) is 17.8. The summed E-state index contributed by atoms with van der Waals surface area (Å²) in [7, 11) is 0. The van der Waals surface area contributed by atoms with Crippen LogP contribution in [0.2, 0.25) is 0 Å². The van der Waals surface area contributed by atoms with Gasteiger partial charge >= 0.3 is 0 Å². The lowest BCUT2D eigenvalue weighted by molar-refractivity contribution is 0.0171. The number of amides is 1. The number of carbonyl (C=O) groups is 1. The molecule has 2 aromatic rings. The number of hydrogen-bond donors (Lipinski definition) is 0. The number of likely N-dealkylation sites (tertiary alicyclic amines) is 1. The highest BCUT2D eigenvalue weighted by Gasteiger charge is 2.33. The molecule has 0 unspecified atom stereocenters. The highest BCUT2D eigenvalue weighted by Crippen LogP contribution is 2.23. The number of aromatic nitrogens is 1. The van der Waals surface area contributed by atoms with Crippen molar-refractivity contribution in [3.63, 3.8) is 0 Å². The summed E-state index contributed by atoms with van der Waals surface area (Å²) >= 11 is 0. The van der Waals surface area contributed by atoms with E-state index in [1.54, 1.807) is 42.3 Å². The molecule has 0 N–H and O–H groups in total. The number of nitrogens with zero attached hydrogens (tertiary/aromatic N) is 2. The second-order valence-electron chi connectivity index (χ2n) is 5.07. The van der Waals surface area contributed by atoms with Crippen LogP contribution in [0.3, 0.4) is 0 Å². The Morgan fingerprint density at radius 2 is 2.14 bits per heavy atom. The van der Waals surface area contributed by atoms with Crippen molar-refractivity contribution in [1.29, 1.82) is 0 Å². The molecule has 2 heterocycles. The Morgan fingerprint density at radius 3 is 2.81 bits per heavy atom. The zero-order chi connectivity index (χ0) is 14.8. The molecule has 0 radical (unpaired) electrons. The molecule has 1 aliphatic rings. The molecular weight excluding hydrogens is 271 g/mol. The van der Waals surface area contributed by atoms with Gasteiger partial charge in [0, 0.05) is 6.20 Å². The molecule has 5 heteroatoms. The Morgan fingerprint density at radius 1 is 1.33 bits per heavy atom. The van der Waals surface area contributed by atoms with Crippen molar-refractivity contribution in [2.24, 2.45) is 0 Å². The standard InChI is InChI=1S/C16H15FN2O2/c1-11-8-12(17)5-6-15(11)21-13-9-19(10-13)16(20)14-4-2-3-7-18-14/h2-8,13H,9-10H2,1H3. The Kier molecular flexibility index (Phi) is 3.56. The summed E-state index contributed by atoms with van der Waals surface area (Å²) < 4.78 is 18.8. The third kappa shape index (κ3) is 2.86. The van der Waals surface area contributed by atoms with Crippen LogP contribution in [0.1, 0.15) is 16.1 Å². The maximum absolute atomic E-state index is 13.0. The van der Waals surface area contributed by atoms with Gasteiger partial charge in [-0.2, -0.15) is 0 Å². The summed E-state index contributed by atoms with van der Waals surface area (Å²) in [6.07, 6.45) is 1.55. The topological polar surface area (TPSA) is 42.4 Å². The first-order chi connectivity index (χ1) is 10.1. The number of hydrogen-bond acceptors (Lipinski definition) is 3. The Hall–Kier alpha value is -2.43. The first-order valence-electron chi connectivity index (χ1n) is 6.76. The number of rotatable bonds is 3. The van der Waals surface area contributed by atoms with Gasteiger partial charge < -0.3 is 9.64 Å². The van der Waals surface area contributed by atoms with Gasteiger partial charge in [-0.3, -0.25) is 9.78 Å².